The van der Waals surface area contributed by atoms with E-state index in [9.17, 15) is 9.59 Å². The first-order valence-electron chi connectivity index (χ1n) is 7.93. The van der Waals surface area contributed by atoms with E-state index in [-0.39, 0.29) is 36.1 Å². The number of likely N-dealkylation sites (tertiary alicyclic amines) is 1. The van der Waals surface area contributed by atoms with Gasteiger partial charge in [0.15, 0.2) is 0 Å². The Morgan fingerprint density at radius 2 is 1.29 bits per heavy atom. The highest BCUT2D eigenvalue weighted by Crippen LogP contribution is 2.36. The maximum atomic E-state index is 12.7. The topological polar surface area (TPSA) is 40.6 Å². The predicted octanol–water partition coefficient (Wildman–Crippen LogP) is 2.73. The lowest BCUT2D eigenvalue weighted by atomic mass is 10.00. The van der Waals surface area contributed by atoms with Crippen LogP contribution in [0.5, 0.6) is 0 Å². The van der Waals surface area contributed by atoms with Gasteiger partial charge in [0.2, 0.25) is 11.8 Å². The zero-order chi connectivity index (χ0) is 15.8. The van der Waals surface area contributed by atoms with Crippen molar-refractivity contribution in [2.24, 2.45) is 11.8 Å². The van der Waals surface area contributed by atoms with Crippen LogP contribution in [0.25, 0.3) is 0 Å². The lowest BCUT2D eigenvalue weighted by Gasteiger charge is -2.20. The zero-order valence-corrected chi connectivity index (χ0v) is 14.0. The number of nitrogens with zero attached hydrogens (tertiary/aromatic N) is 2. The monoisotopic (exact) mass is 342 g/mol. The first-order chi connectivity index (χ1) is 11.2. The molecule has 0 aromatic heterocycles. The molecule has 4 nitrogen and oxygen atoms in total. The van der Waals surface area contributed by atoms with Gasteiger partial charge in [-0.15, -0.1) is 12.4 Å². The number of imide groups is 1. The fraction of sp³-hybridized carbons (Fsp3) is 0.263. The van der Waals surface area contributed by atoms with E-state index in [4.69, 9.17) is 0 Å². The molecule has 2 aromatic carbocycles. The molecule has 4 rings (SSSR count). The molecule has 0 saturated carbocycles. The van der Waals surface area contributed by atoms with Gasteiger partial charge in [-0.2, -0.15) is 0 Å². The summed E-state index contributed by atoms with van der Waals surface area (Å²) < 4.78 is 0. The molecular weight excluding hydrogens is 324 g/mol. The van der Waals surface area contributed by atoms with Crippen LogP contribution in [-0.2, 0) is 16.1 Å². The number of carbonyl (C=O) groups is 2. The summed E-state index contributed by atoms with van der Waals surface area (Å²) in [6, 6.07) is 19.4. The molecule has 124 valence electrons. The van der Waals surface area contributed by atoms with Gasteiger partial charge in [0.05, 0.1) is 17.5 Å². The van der Waals surface area contributed by atoms with Gasteiger partial charge in [-0.1, -0.05) is 48.5 Å². The Labute approximate surface area is 147 Å². The maximum Gasteiger partial charge on any atom is 0.239 e. The second-order valence-electron chi connectivity index (χ2n) is 6.24. The number of carbonyl (C=O) groups excluding carboxylic acids is 2. The van der Waals surface area contributed by atoms with Crippen molar-refractivity contribution in [3.63, 3.8) is 0 Å². The third-order valence-electron chi connectivity index (χ3n) is 4.73. The molecule has 2 aliphatic rings. The fourth-order valence-electron chi connectivity index (χ4n) is 3.63. The van der Waals surface area contributed by atoms with E-state index in [1.165, 1.54) is 10.5 Å². The van der Waals surface area contributed by atoms with Crippen molar-refractivity contribution in [1.82, 2.24) is 4.90 Å². The van der Waals surface area contributed by atoms with Crippen molar-refractivity contribution in [2.75, 3.05) is 18.0 Å². The third-order valence-corrected chi connectivity index (χ3v) is 4.73. The van der Waals surface area contributed by atoms with E-state index in [1.807, 2.05) is 48.5 Å². The molecule has 2 atom stereocenters. The number of rotatable bonds is 3. The van der Waals surface area contributed by atoms with Crippen LogP contribution in [0, 0.1) is 11.8 Å². The van der Waals surface area contributed by atoms with E-state index in [0.29, 0.717) is 18.8 Å². The molecule has 2 amide bonds. The summed E-state index contributed by atoms with van der Waals surface area (Å²) in [5.41, 5.74) is 1.90. The number of hydrogen-bond donors (Lipinski definition) is 0. The quantitative estimate of drug-likeness (QED) is 0.805. The number of anilines is 1. The van der Waals surface area contributed by atoms with E-state index in [2.05, 4.69) is 17.0 Å². The summed E-state index contributed by atoms with van der Waals surface area (Å²) in [6.45, 7) is 2.11. The van der Waals surface area contributed by atoms with Gasteiger partial charge < -0.3 is 0 Å². The van der Waals surface area contributed by atoms with E-state index >= 15 is 0 Å². The minimum atomic E-state index is -0.202. The van der Waals surface area contributed by atoms with Crippen molar-refractivity contribution in [2.45, 2.75) is 6.54 Å². The number of benzene rings is 2. The smallest absolute Gasteiger partial charge is 0.239 e. The second-order valence-corrected chi connectivity index (χ2v) is 6.24. The average molecular weight is 343 g/mol. The summed E-state index contributed by atoms with van der Waals surface area (Å²) in [6.07, 6.45) is 0. The van der Waals surface area contributed by atoms with Crippen LogP contribution in [0.15, 0.2) is 60.7 Å². The summed E-state index contributed by atoms with van der Waals surface area (Å²) in [5.74, 6) is -0.513. The zero-order valence-electron chi connectivity index (χ0n) is 13.2. The molecule has 0 aliphatic carbocycles. The van der Waals surface area contributed by atoms with Crippen LogP contribution >= 0.6 is 12.4 Å². The molecule has 2 heterocycles. The first-order valence-corrected chi connectivity index (χ1v) is 7.93. The first kappa shape index (κ1) is 16.7. The van der Waals surface area contributed by atoms with Crippen LogP contribution < -0.4 is 4.90 Å². The summed E-state index contributed by atoms with van der Waals surface area (Å²) in [5, 5.41) is 0. The van der Waals surface area contributed by atoms with Crippen molar-refractivity contribution in [3.05, 3.63) is 66.2 Å². The van der Waals surface area contributed by atoms with Gasteiger partial charge in [-0.25, -0.2) is 4.90 Å². The highest BCUT2D eigenvalue weighted by atomic mass is 35.5. The Balaban J connectivity index is 0.00000169. The maximum absolute atomic E-state index is 12.7. The highest BCUT2D eigenvalue weighted by Gasteiger charge is 2.52. The molecule has 0 radical (unpaired) electrons. The van der Waals surface area contributed by atoms with Crippen molar-refractivity contribution >= 4 is 29.9 Å². The minimum Gasteiger partial charge on any atom is -0.297 e. The molecule has 0 spiro atoms. The molecule has 5 heteroatoms. The molecule has 24 heavy (non-hydrogen) atoms. The molecule has 2 saturated heterocycles. The Morgan fingerprint density at radius 1 is 0.792 bits per heavy atom. The normalized spacial score (nSPS) is 23.2. The van der Waals surface area contributed by atoms with E-state index < -0.39 is 0 Å². The predicted molar refractivity (Wildman–Crippen MR) is 94.9 cm³/mol. The SMILES string of the molecule is Cl.O=C1C2CN(Cc3ccccc3)CC2C(=O)N1c1ccccc1. The van der Waals surface area contributed by atoms with Gasteiger partial charge in [0.1, 0.15) is 0 Å². The number of fused-ring (bicyclic) bond motifs is 1. The summed E-state index contributed by atoms with van der Waals surface area (Å²) in [4.78, 5) is 28.9. The minimum absolute atomic E-state index is 0. The third kappa shape index (κ3) is 2.83. The van der Waals surface area contributed by atoms with Gasteiger partial charge >= 0.3 is 0 Å². The number of para-hydroxylation sites is 1. The molecule has 2 fully saturated rings. The number of halogens is 1. The Kier molecular flexibility index (Phi) is 4.69. The van der Waals surface area contributed by atoms with Gasteiger partial charge in [-0.3, -0.25) is 14.5 Å². The Hall–Kier alpha value is -2.17. The molecule has 0 N–H and O–H groups in total. The molecule has 2 aromatic rings. The summed E-state index contributed by atoms with van der Waals surface area (Å²) in [7, 11) is 0. The van der Waals surface area contributed by atoms with Gasteiger partial charge in [0.25, 0.3) is 0 Å². The fourth-order valence-corrected chi connectivity index (χ4v) is 3.63. The van der Waals surface area contributed by atoms with Crippen LogP contribution in [0.3, 0.4) is 0 Å². The van der Waals surface area contributed by atoms with Gasteiger partial charge in [0, 0.05) is 19.6 Å². The molecular formula is C19H19ClN2O2. The number of hydrogen-bond acceptors (Lipinski definition) is 3. The van der Waals surface area contributed by atoms with Crippen molar-refractivity contribution in [1.29, 1.82) is 0 Å². The van der Waals surface area contributed by atoms with Gasteiger partial charge in [-0.05, 0) is 17.7 Å². The van der Waals surface area contributed by atoms with E-state index in [1.54, 1.807) is 0 Å². The van der Waals surface area contributed by atoms with Crippen LogP contribution in [0.1, 0.15) is 5.56 Å². The van der Waals surface area contributed by atoms with Crippen LogP contribution in [0.4, 0.5) is 5.69 Å². The van der Waals surface area contributed by atoms with E-state index in [0.717, 1.165) is 6.54 Å². The standard InChI is InChI=1S/C19H18N2O2.ClH/c22-18-16-12-20(11-14-7-3-1-4-8-14)13-17(16)19(23)21(18)15-9-5-2-6-10-15;/h1-10,16-17H,11-13H2;1H. The van der Waals surface area contributed by atoms with Crippen molar-refractivity contribution < 1.29 is 9.59 Å². The largest absolute Gasteiger partial charge is 0.297 e. The molecule has 0 bridgehead atoms. The Morgan fingerprint density at radius 3 is 1.83 bits per heavy atom. The highest BCUT2D eigenvalue weighted by molar-refractivity contribution is 6.22. The molecule has 2 unspecified atom stereocenters. The average Bonchev–Trinajstić information content (AvgIpc) is 3.09. The molecule has 2 aliphatic heterocycles. The van der Waals surface area contributed by atoms with Crippen LogP contribution in [0.2, 0.25) is 0 Å². The van der Waals surface area contributed by atoms with Crippen LogP contribution in [-0.4, -0.2) is 29.8 Å². The number of amides is 2. The lowest BCUT2D eigenvalue weighted by Crippen LogP contribution is -2.35. The second kappa shape index (κ2) is 6.75. The summed E-state index contributed by atoms with van der Waals surface area (Å²) >= 11 is 0. The Bertz CT molecular complexity index is 712. The van der Waals surface area contributed by atoms with Crippen molar-refractivity contribution in [3.8, 4) is 0 Å². The lowest BCUT2D eigenvalue weighted by molar-refractivity contribution is -0.123.